The molecule has 0 saturated heterocycles. The van der Waals surface area contributed by atoms with Crippen LogP contribution >= 0.6 is 11.3 Å². The summed E-state index contributed by atoms with van der Waals surface area (Å²) in [7, 11) is 1.58. The highest BCUT2D eigenvalue weighted by Crippen LogP contribution is 2.30. The molecule has 3 rings (SSSR count). The minimum Gasteiger partial charge on any atom is -0.497 e. The van der Waals surface area contributed by atoms with Gasteiger partial charge < -0.3 is 19.9 Å². The van der Waals surface area contributed by atoms with Gasteiger partial charge in [-0.05, 0) is 32.9 Å². The Morgan fingerprint density at radius 2 is 2.10 bits per heavy atom. The van der Waals surface area contributed by atoms with Crippen LogP contribution in [0.4, 0.5) is 4.79 Å². The number of fused-ring (bicyclic) bond motifs is 1. The summed E-state index contributed by atoms with van der Waals surface area (Å²) in [5.74, 6) is -0.482. The molecule has 1 amide bonds. The number of ether oxygens (including phenoxy) is 2. The standard InChI is InChI=1S/C20H23N3O5S/c1-20(2,3)28-19(26)21-14(17(24)25)11-15-16(22-18-23(15)8-9-29-18)12-6-5-7-13(10-12)27-4/h5-10,14H,11H2,1-4H3,(H,21,26)(H,24,25). The van der Waals surface area contributed by atoms with Crippen LogP contribution in [-0.2, 0) is 16.0 Å². The molecule has 3 aromatic rings. The molecule has 1 unspecified atom stereocenters. The molecule has 2 heterocycles. The highest BCUT2D eigenvalue weighted by Gasteiger charge is 2.27. The molecule has 2 N–H and O–H groups in total. The normalized spacial score (nSPS) is 12.6. The zero-order chi connectivity index (χ0) is 21.2. The van der Waals surface area contributed by atoms with Crippen molar-refractivity contribution in [2.24, 2.45) is 0 Å². The first-order chi connectivity index (χ1) is 13.7. The summed E-state index contributed by atoms with van der Waals surface area (Å²) in [4.78, 5) is 29.3. The molecule has 0 aliphatic carbocycles. The van der Waals surface area contributed by atoms with Gasteiger partial charge in [-0.15, -0.1) is 11.3 Å². The van der Waals surface area contributed by atoms with Gasteiger partial charge in [0.25, 0.3) is 0 Å². The van der Waals surface area contributed by atoms with Crippen molar-refractivity contribution in [1.82, 2.24) is 14.7 Å². The van der Waals surface area contributed by atoms with E-state index in [1.54, 1.807) is 27.9 Å². The first kappa shape index (κ1) is 20.7. The van der Waals surface area contributed by atoms with Crippen LogP contribution in [0.2, 0.25) is 0 Å². The van der Waals surface area contributed by atoms with E-state index >= 15 is 0 Å². The van der Waals surface area contributed by atoms with Crippen molar-refractivity contribution < 1.29 is 24.2 Å². The Kier molecular flexibility index (Phi) is 5.78. The number of alkyl carbamates (subject to hydrolysis) is 1. The number of amides is 1. The van der Waals surface area contributed by atoms with Gasteiger partial charge in [0.05, 0.1) is 18.5 Å². The van der Waals surface area contributed by atoms with Crippen molar-refractivity contribution in [3.05, 3.63) is 41.5 Å². The summed E-state index contributed by atoms with van der Waals surface area (Å²) in [6.45, 7) is 5.15. The number of hydrogen-bond acceptors (Lipinski definition) is 6. The molecule has 0 radical (unpaired) electrons. The zero-order valence-electron chi connectivity index (χ0n) is 16.6. The molecule has 0 aliphatic rings. The molecule has 0 bridgehead atoms. The van der Waals surface area contributed by atoms with E-state index in [0.29, 0.717) is 17.1 Å². The Morgan fingerprint density at radius 1 is 1.34 bits per heavy atom. The number of hydrogen-bond donors (Lipinski definition) is 2. The lowest BCUT2D eigenvalue weighted by atomic mass is 10.0. The summed E-state index contributed by atoms with van der Waals surface area (Å²) in [6, 6.07) is 6.22. The van der Waals surface area contributed by atoms with Crippen molar-refractivity contribution in [1.29, 1.82) is 0 Å². The number of rotatable bonds is 6. The molecule has 2 aromatic heterocycles. The van der Waals surface area contributed by atoms with Gasteiger partial charge in [-0.3, -0.25) is 4.40 Å². The fraction of sp³-hybridized carbons (Fsp3) is 0.350. The molecule has 9 heteroatoms. The average Bonchev–Trinajstić information content (AvgIpc) is 3.22. The Balaban J connectivity index is 1.95. The maximum absolute atomic E-state index is 12.1. The second-order valence-corrected chi connectivity index (χ2v) is 8.31. The second-order valence-electron chi connectivity index (χ2n) is 7.44. The average molecular weight is 417 g/mol. The maximum atomic E-state index is 12.1. The predicted molar refractivity (Wildman–Crippen MR) is 110 cm³/mol. The molecule has 0 spiro atoms. The van der Waals surface area contributed by atoms with Gasteiger partial charge in [0.1, 0.15) is 17.4 Å². The van der Waals surface area contributed by atoms with E-state index in [4.69, 9.17) is 9.47 Å². The van der Waals surface area contributed by atoms with Gasteiger partial charge in [0.2, 0.25) is 0 Å². The second kappa shape index (κ2) is 8.12. The van der Waals surface area contributed by atoms with Crippen molar-refractivity contribution >= 4 is 28.4 Å². The quantitative estimate of drug-likeness (QED) is 0.635. The van der Waals surface area contributed by atoms with Crippen LogP contribution in [0.3, 0.4) is 0 Å². The van der Waals surface area contributed by atoms with E-state index < -0.39 is 23.7 Å². The van der Waals surface area contributed by atoms with Crippen molar-refractivity contribution in [2.75, 3.05) is 7.11 Å². The minimum absolute atomic E-state index is 0.0407. The number of methoxy groups -OCH3 is 1. The van der Waals surface area contributed by atoms with Crippen LogP contribution < -0.4 is 10.1 Å². The minimum atomic E-state index is -1.17. The molecular formula is C20H23N3O5S. The van der Waals surface area contributed by atoms with Crippen LogP contribution in [-0.4, -0.2) is 45.3 Å². The Labute approximate surface area is 172 Å². The van der Waals surface area contributed by atoms with E-state index in [2.05, 4.69) is 10.3 Å². The van der Waals surface area contributed by atoms with Crippen molar-refractivity contribution in [3.8, 4) is 17.0 Å². The highest BCUT2D eigenvalue weighted by atomic mass is 32.1. The van der Waals surface area contributed by atoms with E-state index in [1.165, 1.54) is 11.3 Å². The molecule has 154 valence electrons. The number of aromatic nitrogens is 2. The fourth-order valence-corrected chi connectivity index (χ4v) is 3.61. The summed E-state index contributed by atoms with van der Waals surface area (Å²) >= 11 is 1.45. The van der Waals surface area contributed by atoms with E-state index in [-0.39, 0.29) is 6.42 Å². The third-order valence-corrected chi connectivity index (χ3v) is 4.85. The first-order valence-corrected chi connectivity index (χ1v) is 9.87. The van der Waals surface area contributed by atoms with E-state index in [1.807, 2.05) is 40.2 Å². The van der Waals surface area contributed by atoms with Gasteiger partial charge >= 0.3 is 12.1 Å². The lowest BCUT2D eigenvalue weighted by Crippen LogP contribution is -2.44. The van der Waals surface area contributed by atoms with E-state index in [9.17, 15) is 14.7 Å². The number of carbonyl (C=O) groups is 2. The highest BCUT2D eigenvalue weighted by molar-refractivity contribution is 7.15. The molecule has 1 atom stereocenters. The number of nitrogens with zero attached hydrogens (tertiary/aromatic N) is 2. The number of nitrogens with one attached hydrogen (secondary N) is 1. The van der Waals surface area contributed by atoms with Gasteiger partial charge in [-0.1, -0.05) is 12.1 Å². The third kappa shape index (κ3) is 4.86. The molecule has 0 fully saturated rings. The number of imidazole rings is 1. The molecule has 0 saturated carbocycles. The lowest BCUT2D eigenvalue weighted by Gasteiger charge is -2.22. The smallest absolute Gasteiger partial charge is 0.408 e. The van der Waals surface area contributed by atoms with Crippen LogP contribution in [0.5, 0.6) is 5.75 Å². The summed E-state index contributed by atoms with van der Waals surface area (Å²) in [6.07, 6.45) is 1.09. The fourth-order valence-electron chi connectivity index (χ4n) is 2.87. The summed E-state index contributed by atoms with van der Waals surface area (Å²) in [5, 5.41) is 14.0. The topological polar surface area (TPSA) is 102 Å². The molecular weight excluding hydrogens is 394 g/mol. The molecule has 1 aromatic carbocycles. The lowest BCUT2D eigenvalue weighted by molar-refractivity contribution is -0.139. The van der Waals surface area contributed by atoms with Gasteiger partial charge in [-0.2, -0.15) is 0 Å². The number of carboxylic acid groups (broad SMARTS) is 1. The van der Waals surface area contributed by atoms with Crippen LogP contribution in [0, 0.1) is 0 Å². The SMILES string of the molecule is COc1cccc(-c2nc3sccn3c2CC(NC(=O)OC(C)(C)C)C(=O)O)c1. The van der Waals surface area contributed by atoms with E-state index in [0.717, 1.165) is 10.5 Å². The number of aliphatic carboxylic acids is 1. The monoisotopic (exact) mass is 417 g/mol. The largest absolute Gasteiger partial charge is 0.497 e. The summed E-state index contributed by atoms with van der Waals surface area (Å²) in [5.41, 5.74) is 1.40. The van der Waals surface area contributed by atoms with Crippen LogP contribution in [0.25, 0.3) is 16.2 Å². The van der Waals surface area contributed by atoms with Gasteiger partial charge in [0, 0.05) is 23.6 Å². The zero-order valence-corrected chi connectivity index (χ0v) is 17.4. The van der Waals surface area contributed by atoms with Gasteiger partial charge in [-0.25, -0.2) is 14.6 Å². The Hall–Kier alpha value is -3.07. The third-order valence-electron chi connectivity index (χ3n) is 4.09. The molecule has 8 nitrogen and oxygen atoms in total. The first-order valence-electron chi connectivity index (χ1n) is 8.99. The summed E-state index contributed by atoms with van der Waals surface area (Å²) < 4.78 is 12.3. The Bertz CT molecular complexity index is 1030. The number of carbonyl (C=O) groups excluding carboxylic acids is 1. The van der Waals surface area contributed by atoms with Crippen molar-refractivity contribution in [3.63, 3.8) is 0 Å². The van der Waals surface area contributed by atoms with Crippen molar-refractivity contribution in [2.45, 2.75) is 38.8 Å². The molecule has 29 heavy (non-hydrogen) atoms. The van der Waals surface area contributed by atoms with Crippen LogP contribution in [0.15, 0.2) is 35.8 Å². The maximum Gasteiger partial charge on any atom is 0.408 e. The number of benzene rings is 1. The Morgan fingerprint density at radius 3 is 2.76 bits per heavy atom. The van der Waals surface area contributed by atoms with Crippen LogP contribution in [0.1, 0.15) is 26.5 Å². The number of thiazole rings is 1. The predicted octanol–water partition coefficient (Wildman–Crippen LogP) is 3.59. The van der Waals surface area contributed by atoms with Gasteiger partial charge in [0.15, 0.2) is 4.96 Å². The number of carboxylic acids is 1. The molecule has 0 aliphatic heterocycles.